The van der Waals surface area contributed by atoms with E-state index >= 15 is 0 Å². The summed E-state index contributed by atoms with van der Waals surface area (Å²) >= 11 is 9.31. The van der Waals surface area contributed by atoms with Crippen LogP contribution in [-0.4, -0.2) is 7.05 Å². The van der Waals surface area contributed by atoms with Crippen molar-refractivity contribution in [2.24, 2.45) is 0 Å². The van der Waals surface area contributed by atoms with Crippen LogP contribution in [0.25, 0.3) is 0 Å². The van der Waals surface area contributed by atoms with Gasteiger partial charge in [-0.05, 0) is 42.9 Å². The molecule has 0 aliphatic carbocycles. The second kappa shape index (κ2) is 6.37. The van der Waals surface area contributed by atoms with Crippen molar-refractivity contribution in [2.45, 2.75) is 6.54 Å². The molecular formula is C14H12BrClFNO. The van der Waals surface area contributed by atoms with Gasteiger partial charge in [-0.15, -0.1) is 0 Å². The molecule has 2 nitrogen and oxygen atoms in total. The first-order chi connectivity index (χ1) is 9.10. The van der Waals surface area contributed by atoms with Gasteiger partial charge >= 0.3 is 0 Å². The SMILES string of the molecule is CNCc1ccc(Oc2ccc(Br)cc2F)cc1Cl. The molecule has 1 N–H and O–H groups in total. The minimum Gasteiger partial charge on any atom is -0.454 e. The van der Waals surface area contributed by atoms with Crippen LogP contribution in [0, 0.1) is 5.82 Å². The van der Waals surface area contributed by atoms with Gasteiger partial charge in [0.25, 0.3) is 0 Å². The Hall–Kier alpha value is -1.10. The summed E-state index contributed by atoms with van der Waals surface area (Å²) in [6.07, 6.45) is 0. The third-order valence-corrected chi connectivity index (χ3v) is 3.36. The van der Waals surface area contributed by atoms with Gasteiger partial charge in [-0.1, -0.05) is 33.6 Å². The molecule has 0 fully saturated rings. The van der Waals surface area contributed by atoms with Gasteiger partial charge in [0.2, 0.25) is 0 Å². The largest absolute Gasteiger partial charge is 0.454 e. The van der Waals surface area contributed by atoms with E-state index in [9.17, 15) is 4.39 Å². The van der Waals surface area contributed by atoms with Crippen LogP contribution in [0.15, 0.2) is 40.9 Å². The highest BCUT2D eigenvalue weighted by Gasteiger charge is 2.07. The van der Waals surface area contributed by atoms with Crippen LogP contribution >= 0.6 is 27.5 Å². The van der Waals surface area contributed by atoms with Gasteiger partial charge in [-0.25, -0.2) is 4.39 Å². The molecule has 0 aliphatic rings. The zero-order chi connectivity index (χ0) is 13.8. The van der Waals surface area contributed by atoms with Crippen LogP contribution in [0.3, 0.4) is 0 Å². The maximum atomic E-state index is 13.6. The molecule has 0 aromatic heterocycles. The molecule has 0 atom stereocenters. The molecule has 0 amide bonds. The maximum Gasteiger partial charge on any atom is 0.166 e. The minimum atomic E-state index is -0.426. The van der Waals surface area contributed by atoms with Gasteiger partial charge in [0.05, 0.1) is 0 Å². The van der Waals surface area contributed by atoms with E-state index in [-0.39, 0.29) is 5.75 Å². The normalized spacial score (nSPS) is 10.5. The standard InChI is InChI=1S/C14H12BrClFNO/c1-18-8-9-2-4-11(7-12(9)16)19-14-5-3-10(15)6-13(14)17/h2-7,18H,8H2,1H3. The molecular weight excluding hydrogens is 333 g/mol. The molecule has 5 heteroatoms. The molecule has 100 valence electrons. The predicted molar refractivity (Wildman–Crippen MR) is 78.4 cm³/mol. The Morgan fingerprint density at radius 1 is 1.26 bits per heavy atom. The van der Waals surface area contributed by atoms with Crippen LogP contribution in [0.2, 0.25) is 5.02 Å². The van der Waals surface area contributed by atoms with E-state index in [1.54, 1.807) is 24.3 Å². The molecule has 19 heavy (non-hydrogen) atoms. The van der Waals surface area contributed by atoms with E-state index in [2.05, 4.69) is 21.2 Å². The molecule has 2 aromatic carbocycles. The van der Waals surface area contributed by atoms with Crippen molar-refractivity contribution < 1.29 is 9.13 Å². The molecule has 0 aliphatic heterocycles. The van der Waals surface area contributed by atoms with Gasteiger partial charge in [-0.3, -0.25) is 0 Å². The molecule has 0 unspecified atom stereocenters. The first-order valence-electron chi connectivity index (χ1n) is 5.66. The van der Waals surface area contributed by atoms with Gasteiger partial charge in [0, 0.05) is 16.0 Å². The quantitative estimate of drug-likeness (QED) is 0.864. The van der Waals surface area contributed by atoms with Gasteiger partial charge in [0.15, 0.2) is 11.6 Å². The fourth-order valence-corrected chi connectivity index (χ4v) is 2.18. The molecule has 2 aromatic rings. The third kappa shape index (κ3) is 3.69. The molecule has 2 rings (SSSR count). The van der Waals surface area contributed by atoms with Crippen molar-refractivity contribution in [2.75, 3.05) is 7.05 Å². The highest BCUT2D eigenvalue weighted by molar-refractivity contribution is 9.10. The zero-order valence-electron chi connectivity index (χ0n) is 10.2. The van der Waals surface area contributed by atoms with Crippen LogP contribution in [0.1, 0.15) is 5.56 Å². The maximum absolute atomic E-state index is 13.6. The van der Waals surface area contributed by atoms with Crippen molar-refractivity contribution >= 4 is 27.5 Å². The number of nitrogens with one attached hydrogen (secondary N) is 1. The van der Waals surface area contributed by atoms with E-state index in [1.807, 2.05) is 13.1 Å². The van der Waals surface area contributed by atoms with Gasteiger partial charge in [-0.2, -0.15) is 0 Å². The van der Waals surface area contributed by atoms with Crippen LogP contribution < -0.4 is 10.1 Å². The number of hydrogen-bond acceptors (Lipinski definition) is 2. The predicted octanol–water partition coefficient (Wildman–Crippen LogP) is 4.75. The lowest BCUT2D eigenvalue weighted by atomic mass is 10.2. The lowest BCUT2D eigenvalue weighted by Crippen LogP contribution is -2.05. The Morgan fingerprint density at radius 3 is 2.68 bits per heavy atom. The minimum absolute atomic E-state index is 0.167. The average Bonchev–Trinajstić information content (AvgIpc) is 2.36. The summed E-state index contributed by atoms with van der Waals surface area (Å²) < 4.78 is 19.8. The summed E-state index contributed by atoms with van der Waals surface area (Å²) in [6, 6.07) is 9.93. The number of ether oxygens (including phenoxy) is 1. The van der Waals surface area contributed by atoms with Crippen molar-refractivity contribution in [3.63, 3.8) is 0 Å². The van der Waals surface area contributed by atoms with E-state index in [0.717, 1.165) is 5.56 Å². The Bertz CT molecular complexity index is 592. The molecule has 0 bridgehead atoms. The van der Waals surface area contributed by atoms with Crippen molar-refractivity contribution in [1.29, 1.82) is 0 Å². The van der Waals surface area contributed by atoms with E-state index in [1.165, 1.54) is 6.07 Å². The van der Waals surface area contributed by atoms with Gasteiger partial charge < -0.3 is 10.1 Å². The van der Waals surface area contributed by atoms with Crippen molar-refractivity contribution in [3.8, 4) is 11.5 Å². The molecule has 0 saturated heterocycles. The Morgan fingerprint density at radius 2 is 2.05 bits per heavy atom. The van der Waals surface area contributed by atoms with E-state index in [4.69, 9.17) is 16.3 Å². The van der Waals surface area contributed by atoms with Crippen LogP contribution in [-0.2, 0) is 6.54 Å². The topological polar surface area (TPSA) is 21.3 Å². The fraction of sp³-hybridized carbons (Fsp3) is 0.143. The first-order valence-corrected chi connectivity index (χ1v) is 6.83. The van der Waals surface area contributed by atoms with E-state index < -0.39 is 5.82 Å². The van der Waals surface area contributed by atoms with Crippen molar-refractivity contribution in [3.05, 3.63) is 57.3 Å². The number of hydrogen-bond donors (Lipinski definition) is 1. The molecule has 0 saturated carbocycles. The third-order valence-electron chi connectivity index (χ3n) is 2.51. The second-order valence-corrected chi connectivity index (χ2v) is 5.28. The summed E-state index contributed by atoms with van der Waals surface area (Å²) in [5.74, 6) is 0.247. The summed E-state index contributed by atoms with van der Waals surface area (Å²) in [7, 11) is 1.85. The first kappa shape index (κ1) is 14.3. The summed E-state index contributed by atoms with van der Waals surface area (Å²) in [4.78, 5) is 0. The second-order valence-electron chi connectivity index (χ2n) is 3.96. The number of rotatable bonds is 4. The molecule has 0 heterocycles. The Kier molecular flexibility index (Phi) is 4.80. The Balaban J connectivity index is 2.21. The number of halogens is 3. The molecule has 0 spiro atoms. The number of benzene rings is 2. The molecule has 0 radical (unpaired) electrons. The van der Waals surface area contributed by atoms with Crippen LogP contribution in [0.5, 0.6) is 11.5 Å². The average molecular weight is 345 g/mol. The fourth-order valence-electron chi connectivity index (χ4n) is 1.61. The van der Waals surface area contributed by atoms with E-state index in [0.29, 0.717) is 21.8 Å². The highest BCUT2D eigenvalue weighted by Crippen LogP contribution is 2.29. The smallest absolute Gasteiger partial charge is 0.166 e. The Labute approximate surface area is 124 Å². The summed E-state index contributed by atoms with van der Waals surface area (Å²) in [5.41, 5.74) is 0.966. The lowest BCUT2D eigenvalue weighted by Gasteiger charge is -2.09. The summed E-state index contributed by atoms with van der Waals surface area (Å²) in [5, 5.41) is 3.61. The van der Waals surface area contributed by atoms with Crippen molar-refractivity contribution in [1.82, 2.24) is 5.32 Å². The lowest BCUT2D eigenvalue weighted by molar-refractivity contribution is 0.442. The highest BCUT2D eigenvalue weighted by atomic mass is 79.9. The van der Waals surface area contributed by atoms with Crippen LogP contribution in [0.4, 0.5) is 4.39 Å². The van der Waals surface area contributed by atoms with Gasteiger partial charge in [0.1, 0.15) is 5.75 Å². The summed E-state index contributed by atoms with van der Waals surface area (Å²) in [6.45, 7) is 0.672. The monoisotopic (exact) mass is 343 g/mol. The zero-order valence-corrected chi connectivity index (χ0v) is 12.6.